The Labute approximate surface area is 330 Å². The lowest BCUT2D eigenvalue weighted by Gasteiger charge is -2.15. The highest BCUT2D eigenvalue weighted by Crippen LogP contribution is 2.43. The van der Waals surface area contributed by atoms with Gasteiger partial charge in [-0.05, 0) is 92.0 Å². The standard InChI is InChI=1S/C53H35N3O/c1-2-11-34(12-3-1)36-21-24-39(25-22-36)45-31-32-48-49(46-18-8-9-20-47(46)57-48)50(45)53-55-51(54-52(56-53)42-30-23-35-13-4-5-15-41(35)33-42)40-28-26-38(27-29-40)44-19-10-16-37-14-6-7-17-43(37)44/h2,4-33H,1,3H2. The highest BCUT2D eigenvalue weighted by Gasteiger charge is 2.22. The molecule has 2 heterocycles. The lowest BCUT2D eigenvalue weighted by Crippen LogP contribution is -2.01. The van der Waals surface area contributed by atoms with Gasteiger partial charge in [0, 0.05) is 27.5 Å². The van der Waals surface area contributed by atoms with Gasteiger partial charge in [-0.1, -0.05) is 164 Å². The molecule has 4 nitrogen and oxygen atoms in total. The number of para-hydroxylation sites is 1. The summed E-state index contributed by atoms with van der Waals surface area (Å²) in [5.41, 5.74) is 11.3. The Balaban J connectivity index is 1.13. The minimum atomic E-state index is 0.593. The van der Waals surface area contributed by atoms with E-state index in [0.717, 1.165) is 73.5 Å². The van der Waals surface area contributed by atoms with Crippen LogP contribution in [0.4, 0.5) is 0 Å². The molecule has 0 radical (unpaired) electrons. The summed E-state index contributed by atoms with van der Waals surface area (Å²) in [6.07, 6.45) is 8.95. The quantitative estimate of drug-likeness (QED) is 0.171. The van der Waals surface area contributed by atoms with Gasteiger partial charge in [-0.2, -0.15) is 0 Å². The zero-order chi connectivity index (χ0) is 37.7. The van der Waals surface area contributed by atoms with Crippen LogP contribution in [0.3, 0.4) is 0 Å². The third-order valence-corrected chi connectivity index (χ3v) is 11.2. The normalized spacial score (nSPS) is 12.8. The van der Waals surface area contributed by atoms with E-state index in [4.69, 9.17) is 19.4 Å². The van der Waals surface area contributed by atoms with Gasteiger partial charge >= 0.3 is 0 Å². The van der Waals surface area contributed by atoms with E-state index in [2.05, 4.69) is 176 Å². The van der Waals surface area contributed by atoms with Crippen molar-refractivity contribution in [2.75, 3.05) is 0 Å². The first kappa shape index (κ1) is 33.0. The lowest BCUT2D eigenvalue weighted by atomic mass is 9.92. The van der Waals surface area contributed by atoms with Crippen molar-refractivity contribution in [3.8, 4) is 56.4 Å². The molecular weight excluding hydrogens is 695 g/mol. The number of rotatable bonds is 6. The highest BCUT2D eigenvalue weighted by molar-refractivity contribution is 6.15. The van der Waals surface area contributed by atoms with Crippen LogP contribution in [0.15, 0.2) is 193 Å². The summed E-state index contributed by atoms with van der Waals surface area (Å²) in [5.74, 6) is 1.81. The van der Waals surface area contributed by atoms with Crippen LogP contribution < -0.4 is 0 Å². The maximum atomic E-state index is 6.48. The molecule has 0 atom stereocenters. The molecule has 0 amide bonds. The number of nitrogens with zero attached hydrogens (tertiary/aromatic N) is 3. The first-order valence-corrected chi connectivity index (χ1v) is 19.5. The predicted molar refractivity (Wildman–Crippen MR) is 236 cm³/mol. The molecule has 2 aromatic heterocycles. The van der Waals surface area contributed by atoms with E-state index in [1.54, 1.807) is 0 Å². The molecule has 268 valence electrons. The molecule has 4 heteroatoms. The number of fused-ring (bicyclic) bond motifs is 5. The number of aromatic nitrogens is 3. The van der Waals surface area contributed by atoms with E-state index in [1.165, 1.54) is 32.9 Å². The SMILES string of the molecule is C1=CC(c2ccc(-c3ccc4oc5ccccc5c4c3-c3nc(-c4ccc(-c5cccc6ccccc56)cc4)nc(-c4ccc5ccccc5c4)n3)cc2)=CCC1. The van der Waals surface area contributed by atoms with Crippen LogP contribution in [0.5, 0.6) is 0 Å². The second kappa shape index (κ2) is 13.7. The Hall–Kier alpha value is -7.43. The molecule has 0 aliphatic heterocycles. The fourth-order valence-corrected chi connectivity index (χ4v) is 8.31. The van der Waals surface area contributed by atoms with E-state index in [1.807, 2.05) is 12.1 Å². The van der Waals surface area contributed by atoms with Gasteiger partial charge in [-0.25, -0.2) is 15.0 Å². The number of furan rings is 1. The lowest BCUT2D eigenvalue weighted by molar-refractivity contribution is 0.669. The molecule has 0 spiro atoms. The third-order valence-electron chi connectivity index (χ3n) is 11.2. The van der Waals surface area contributed by atoms with Gasteiger partial charge in [-0.15, -0.1) is 0 Å². The number of allylic oxidation sites excluding steroid dienone is 4. The fraction of sp³-hybridized carbons (Fsp3) is 0.0377. The summed E-state index contributed by atoms with van der Waals surface area (Å²) in [5, 5.41) is 6.74. The van der Waals surface area contributed by atoms with Crippen molar-refractivity contribution in [1.29, 1.82) is 0 Å². The summed E-state index contributed by atoms with van der Waals surface area (Å²) in [6.45, 7) is 0. The smallest absolute Gasteiger partial charge is 0.165 e. The molecule has 1 aliphatic rings. The Morgan fingerprint density at radius 2 is 1.04 bits per heavy atom. The Bertz CT molecular complexity index is 3220. The predicted octanol–water partition coefficient (Wildman–Crippen LogP) is 14.1. The molecule has 0 saturated heterocycles. The van der Waals surface area contributed by atoms with Crippen molar-refractivity contribution in [3.63, 3.8) is 0 Å². The maximum Gasteiger partial charge on any atom is 0.165 e. The van der Waals surface area contributed by atoms with Crippen molar-refractivity contribution >= 4 is 49.1 Å². The molecule has 8 aromatic carbocycles. The van der Waals surface area contributed by atoms with Crippen molar-refractivity contribution in [2.24, 2.45) is 0 Å². The maximum absolute atomic E-state index is 6.48. The van der Waals surface area contributed by atoms with Crippen molar-refractivity contribution in [2.45, 2.75) is 12.8 Å². The minimum absolute atomic E-state index is 0.593. The van der Waals surface area contributed by atoms with Crippen LogP contribution in [0.2, 0.25) is 0 Å². The van der Waals surface area contributed by atoms with Crippen molar-refractivity contribution in [1.82, 2.24) is 15.0 Å². The van der Waals surface area contributed by atoms with Gasteiger partial charge in [0.1, 0.15) is 11.2 Å². The molecule has 1 aliphatic carbocycles. The first-order chi connectivity index (χ1) is 28.2. The van der Waals surface area contributed by atoms with Gasteiger partial charge in [-0.3, -0.25) is 0 Å². The van der Waals surface area contributed by atoms with Crippen LogP contribution >= 0.6 is 0 Å². The van der Waals surface area contributed by atoms with Crippen LogP contribution in [0, 0.1) is 0 Å². The van der Waals surface area contributed by atoms with Gasteiger partial charge in [0.25, 0.3) is 0 Å². The summed E-state index contributed by atoms with van der Waals surface area (Å²) in [7, 11) is 0. The Morgan fingerprint density at radius 3 is 1.84 bits per heavy atom. The monoisotopic (exact) mass is 729 g/mol. The van der Waals surface area contributed by atoms with Gasteiger partial charge in [0.2, 0.25) is 0 Å². The Kier molecular flexibility index (Phi) is 7.92. The molecule has 11 rings (SSSR count). The average molecular weight is 730 g/mol. The zero-order valence-corrected chi connectivity index (χ0v) is 31.1. The number of hydrogen-bond acceptors (Lipinski definition) is 4. The summed E-state index contributed by atoms with van der Waals surface area (Å²) in [4.78, 5) is 15.9. The second-order valence-corrected chi connectivity index (χ2v) is 14.6. The fourth-order valence-electron chi connectivity index (χ4n) is 8.31. The molecule has 0 unspecified atom stereocenters. The molecule has 0 fully saturated rings. The first-order valence-electron chi connectivity index (χ1n) is 19.5. The molecule has 0 N–H and O–H groups in total. The van der Waals surface area contributed by atoms with Crippen LogP contribution in [-0.2, 0) is 0 Å². The summed E-state index contributed by atoms with van der Waals surface area (Å²) < 4.78 is 6.48. The van der Waals surface area contributed by atoms with Crippen molar-refractivity contribution in [3.05, 3.63) is 194 Å². The largest absolute Gasteiger partial charge is 0.456 e. The van der Waals surface area contributed by atoms with E-state index in [-0.39, 0.29) is 0 Å². The highest BCUT2D eigenvalue weighted by atomic mass is 16.3. The summed E-state index contributed by atoms with van der Waals surface area (Å²) >= 11 is 0. The molecular formula is C53H35N3O. The zero-order valence-electron chi connectivity index (χ0n) is 31.1. The topological polar surface area (TPSA) is 51.8 Å². The molecule has 0 saturated carbocycles. The second-order valence-electron chi connectivity index (χ2n) is 14.6. The van der Waals surface area contributed by atoms with Gasteiger partial charge < -0.3 is 4.42 Å². The third kappa shape index (κ3) is 5.90. The summed E-state index contributed by atoms with van der Waals surface area (Å²) in [6, 6.07) is 59.7. The van der Waals surface area contributed by atoms with Gasteiger partial charge in [0.05, 0.1) is 0 Å². The number of benzene rings is 8. The molecule has 10 aromatic rings. The Morgan fingerprint density at radius 1 is 0.404 bits per heavy atom. The molecule has 57 heavy (non-hydrogen) atoms. The van der Waals surface area contributed by atoms with E-state index < -0.39 is 0 Å². The van der Waals surface area contributed by atoms with Crippen LogP contribution in [-0.4, -0.2) is 15.0 Å². The van der Waals surface area contributed by atoms with E-state index >= 15 is 0 Å². The molecule has 0 bridgehead atoms. The number of hydrogen-bond donors (Lipinski definition) is 0. The minimum Gasteiger partial charge on any atom is -0.456 e. The van der Waals surface area contributed by atoms with E-state index in [0.29, 0.717) is 17.5 Å². The van der Waals surface area contributed by atoms with Crippen LogP contribution in [0.1, 0.15) is 18.4 Å². The average Bonchev–Trinajstić information content (AvgIpc) is 3.67. The van der Waals surface area contributed by atoms with Crippen molar-refractivity contribution < 1.29 is 4.42 Å². The van der Waals surface area contributed by atoms with Crippen LogP contribution in [0.25, 0.3) is 105 Å². The van der Waals surface area contributed by atoms with Gasteiger partial charge in [0.15, 0.2) is 17.5 Å². The van der Waals surface area contributed by atoms with E-state index in [9.17, 15) is 0 Å².